The minimum Gasteiger partial charge on any atom is -0.494 e. The van der Waals surface area contributed by atoms with Crippen LogP contribution in [0.3, 0.4) is 0 Å². The molecule has 0 unspecified atom stereocenters. The van der Waals surface area contributed by atoms with Crippen molar-refractivity contribution in [3.8, 4) is 17.4 Å². The Labute approximate surface area is 163 Å². The van der Waals surface area contributed by atoms with Crippen LogP contribution in [0, 0.1) is 0 Å². The monoisotopic (exact) mass is 386 g/mol. The zero-order valence-electron chi connectivity index (χ0n) is 15.3. The third kappa shape index (κ3) is 5.07. The Morgan fingerprint density at radius 3 is 2.67 bits per heavy atom. The van der Waals surface area contributed by atoms with E-state index in [2.05, 4.69) is 22.4 Å². The van der Waals surface area contributed by atoms with Crippen molar-refractivity contribution in [1.82, 2.24) is 15.1 Å². The van der Waals surface area contributed by atoms with Crippen molar-refractivity contribution in [2.75, 3.05) is 18.5 Å². The van der Waals surface area contributed by atoms with Gasteiger partial charge in [0.2, 0.25) is 5.89 Å². The molecular weight excluding hydrogens is 364 g/mol. The molecule has 1 N–H and O–H groups in total. The van der Waals surface area contributed by atoms with Crippen molar-refractivity contribution in [1.29, 1.82) is 0 Å². The number of benzene rings is 1. The lowest BCUT2D eigenvalue weighted by atomic mass is 10.3. The first-order chi connectivity index (χ1) is 13.2. The smallest absolute Gasteiger partial charge is 0.283 e. The molecule has 8 heteroatoms. The normalized spacial score (nSPS) is 10.6. The molecule has 27 heavy (non-hydrogen) atoms. The van der Waals surface area contributed by atoms with Gasteiger partial charge in [-0.15, -0.1) is 10.2 Å². The molecule has 7 nitrogen and oxygen atoms in total. The number of rotatable bonds is 8. The van der Waals surface area contributed by atoms with E-state index in [1.54, 1.807) is 18.4 Å². The zero-order chi connectivity index (χ0) is 19.1. The molecule has 0 spiro atoms. The van der Waals surface area contributed by atoms with Crippen LogP contribution >= 0.6 is 12.2 Å². The van der Waals surface area contributed by atoms with Crippen molar-refractivity contribution in [2.24, 2.45) is 0 Å². The fourth-order valence-electron chi connectivity index (χ4n) is 2.51. The molecule has 0 fully saturated rings. The van der Waals surface area contributed by atoms with Crippen LogP contribution in [0.15, 0.2) is 51.5 Å². The van der Waals surface area contributed by atoms with Gasteiger partial charge in [0, 0.05) is 12.2 Å². The van der Waals surface area contributed by atoms with Crippen LogP contribution in [0.25, 0.3) is 11.7 Å². The van der Waals surface area contributed by atoms with Gasteiger partial charge in [-0.1, -0.05) is 6.92 Å². The average Bonchev–Trinajstić information content (AvgIpc) is 3.34. The minimum absolute atomic E-state index is 0.358. The molecule has 0 radical (unpaired) electrons. The number of nitrogens with zero attached hydrogens (tertiary/aromatic N) is 3. The van der Waals surface area contributed by atoms with Crippen LogP contribution in [-0.2, 0) is 6.54 Å². The van der Waals surface area contributed by atoms with Gasteiger partial charge in [-0.05, 0) is 62.0 Å². The van der Waals surface area contributed by atoms with Gasteiger partial charge in [-0.2, -0.15) is 0 Å². The predicted molar refractivity (Wildman–Crippen MR) is 107 cm³/mol. The summed E-state index contributed by atoms with van der Waals surface area (Å²) in [5, 5.41) is 12.0. The Kier molecular flexibility index (Phi) is 6.43. The molecule has 3 rings (SSSR count). The van der Waals surface area contributed by atoms with Gasteiger partial charge < -0.3 is 23.8 Å². The fraction of sp³-hybridized carbons (Fsp3) is 0.316. The standard InChI is InChI=1S/C19H22N4O3S/c1-3-11-23(13-17-21-22-18(26-17)16-6-5-12-25-16)19(27)20-14-7-9-15(10-8-14)24-4-2/h5-10,12H,3-4,11,13H2,1-2H3,(H,20,27). The van der Waals surface area contributed by atoms with E-state index >= 15 is 0 Å². The number of thiocarbonyl (C=S) groups is 1. The van der Waals surface area contributed by atoms with E-state index in [1.165, 1.54) is 0 Å². The van der Waals surface area contributed by atoms with Crippen molar-refractivity contribution in [3.63, 3.8) is 0 Å². The number of ether oxygens (including phenoxy) is 1. The summed E-state index contributed by atoms with van der Waals surface area (Å²) in [7, 11) is 0. The first-order valence-corrected chi connectivity index (χ1v) is 9.25. The first kappa shape index (κ1) is 18.9. The number of anilines is 1. The quantitative estimate of drug-likeness (QED) is 0.573. The second-order valence-electron chi connectivity index (χ2n) is 5.79. The van der Waals surface area contributed by atoms with Gasteiger partial charge in [-0.3, -0.25) is 0 Å². The maximum absolute atomic E-state index is 5.69. The first-order valence-electron chi connectivity index (χ1n) is 8.84. The van der Waals surface area contributed by atoms with E-state index in [-0.39, 0.29) is 0 Å². The maximum Gasteiger partial charge on any atom is 0.283 e. The van der Waals surface area contributed by atoms with E-state index in [0.29, 0.717) is 35.8 Å². The highest BCUT2D eigenvalue weighted by Crippen LogP contribution is 2.19. The lowest BCUT2D eigenvalue weighted by Gasteiger charge is -2.24. The minimum atomic E-state index is 0.358. The van der Waals surface area contributed by atoms with Crippen LogP contribution in [0.5, 0.6) is 5.75 Å². The van der Waals surface area contributed by atoms with E-state index in [0.717, 1.165) is 24.4 Å². The Hall–Kier alpha value is -2.87. The molecular formula is C19H22N4O3S. The van der Waals surface area contributed by atoms with Crippen LogP contribution in [-0.4, -0.2) is 33.4 Å². The number of hydrogen-bond donors (Lipinski definition) is 1. The molecule has 3 aromatic rings. The Morgan fingerprint density at radius 2 is 2.00 bits per heavy atom. The molecule has 1 aromatic carbocycles. The summed E-state index contributed by atoms with van der Waals surface area (Å²) in [6, 6.07) is 11.2. The third-order valence-electron chi connectivity index (χ3n) is 3.72. The van der Waals surface area contributed by atoms with Gasteiger partial charge in [-0.25, -0.2) is 0 Å². The summed E-state index contributed by atoms with van der Waals surface area (Å²) in [5.41, 5.74) is 0.895. The van der Waals surface area contributed by atoms with Crippen LogP contribution in [0.4, 0.5) is 5.69 Å². The van der Waals surface area contributed by atoms with Crippen molar-refractivity contribution >= 4 is 23.0 Å². The third-order valence-corrected chi connectivity index (χ3v) is 4.08. The SMILES string of the molecule is CCCN(Cc1nnc(-c2ccco2)o1)C(=S)Nc1ccc(OCC)cc1. The van der Waals surface area contributed by atoms with Gasteiger partial charge in [0.15, 0.2) is 10.9 Å². The van der Waals surface area contributed by atoms with Gasteiger partial charge in [0.05, 0.1) is 19.4 Å². The molecule has 2 aromatic heterocycles. The van der Waals surface area contributed by atoms with E-state index in [1.807, 2.05) is 36.1 Å². The number of aromatic nitrogens is 2. The molecule has 0 bridgehead atoms. The summed E-state index contributed by atoms with van der Waals surface area (Å²) in [6.07, 6.45) is 2.50. The lowest BCUT2D eigenvalue weighted by molar-refractivity contribution is 0.340. The van der Waals surface area contributed by atoms with Crippen LogP contribution < -0.4 is 10.1 Å². The summed E-state index contributed by atoms with van der Waals surface area (Å²) in [4.78, 5) is 1.99. The van der Waals surface area contributed by atoms with Crippen LogP contribution in [0.2, 0.25) is 0 Å². The predicted octanol–water partition coefficient (Wildman–Crippen LogP) is 4.34. The Morgan fingerprint density at radius 1 is 1.19 bits per heavy atom. The highest BCUT2D eigenvalue weighted by atomic mass is 32.1. The highest BCUT2D eigenvalue weighted by Gasteiger charge is 2.16. The fourth-order valence-corrected chi connectivity index (χ4v) is 2.78. The largest absolute Gasteiger partial charge is 0.494 e. The Balaban J connectivity index is 1.64. The molecule has 0 aliphatic carbocycles. The second kappa shape index (κ2) is 9.18. The summed E-state index contributed by atoms with van der Waals surface area (Å²) in [6.45, 7) is 5.87. The number of furan rings is 1. The molecule has 0 saturated carbocycles. The van der Waals surface area contributed by atoms with Crippen LogP contribution in [0.1, 0.15) is 26.2 Å². The molecule has 0 saturated heterocycles. The Bertz CT molecular complexity index is 846. The number of hydrogen-bond acceptors (Lipinski definition) is 6. The molecule has 0 aliphatic heterocycles. The molecule has 142 valence electrons. The summed E-state index contributed by atoms with van der Waals surface area (Å²) >= 11 is 5.57. The summed E-state index contributed by atoms with van der Waals surface area (Å²) < 4.78 is 16.4. The maximum atomic E-state index is 5.69. The topological polar surface area (TPSA) is 76.6 Å². The lowest BCUT2D eigenvalue weighted by Crippen LogP contribution is -2.35. The molecule has 0 atom stereocenters. The molecule has 2 heterocycles. The van der Waals surface area contributed by atoms with E-state index in [9.17, 15) is 0 Å². The second-order valence-corrected chi connectivity index (χ2v) is 6.17. The van der Waals surface area contributed by atoms with Crippen molar-refractivity contribution in [2.45, 2.75) is 26.8 Å². The van der Waals surface area contributed by atoms with E-state index in [4.69, 9.17) is 25.8 Å². The van der Waals surface area contributed by atoms with E-state index < -0.39 is 0 Å². The zero-order valence-corrected chi connectivity index (χ0v) is 16.2. The van der Waals surface area contributed by atoms with Crippen molar-refractivity contribution < 1.29 is 13.6 Å². The van der Waals surface area contributed by atoms with Crippen molar-refractivity contribution in [3.05, 3.63) is 48.6 Å². The van der Waals surface area contributed by atoms with Gasteiger partial charge in [0.1, 0.15) is 5.75 Å². The highest BCUT2D eigenvalue weighted by molar-refractivity contribution is 7.80. The molecule has 0 amide bonds. The molecule has 0 aliphatic rings. The average molecular weight is 386 g/mol. The number of nitrogens with one attached hydrogen (secondary N) is 1. The van der Waals surface area contributed by atoms with Gasteiger partial charge >= 0.3 is 0 Å². The van der Waals surface area contributed by atoms with Gasteiger partial charge in [0.25, 0.3) is 5.89 Å². The summed E-state index contributed by atoms with van der Waals surface area (Å²) in [5.74, 6) is 2.21.